The van der Waals surface area contributed by atoms with Crippen LogP contribution >= 0.6 is 12.2 Å². The van der Waals surface area contributed by atoms with Crippen LogP contribution in [0.3, 0.4) is 0 Å². The van der Waals surface area contributed by atoms with Crippen molar-refractivity contribution in [1.82, 2.24) is 0 Å². The van der Waals surface area contributed by atoms with Gasteiger partial charge >= 0.3 is 0 Å². The molecule has 0 aliphatic rings. The maximum Gasteiger partial charge on any atom is 0.106 e. The molecule has 0 saturated carbocycles. The lowest BCUT2D eigenvalue weighted by Gasteiger charge is -2.28. The third-order valence-electron chi connectivity index (χ3n) is 2.91. The summed E-state index contributed by atoms with van der Waals surface area (Å²) in [6.45, 7) is 8.98. The highest BCUT2D eigenvalue weighted by molar-refractivity contribution is 7.80. The van der Waals surface area contributed by atoms with Gasteiger partial charge in [-0.15, -0.1) is 0 Å². The van der Waals surface area contributed by atoms with Crippen molar-refractivity contribution in [2.24, 2.45) is 11.7 Å². The van der Waals surface area contributed by atoms with E-state index < -0.39 is 0 Å². The van der Waals surface area contributed by atoms with E-state index in [0.29, 0.717) is 17.5 Å². The molecule has 0 amide bonds. The van der Waals surface area contributed by atoms with Crippen molar-refractivity contribution in [3.8, 4) is 0 Å². The van der Waals surface area contributed by atoms with Crippen LogP contribution in [0.1, 0.15) is 25.0 Å². The molecule has 1 aromatic rings. The Bertz CT molecular complexity index is 432. The predicted molar refractivity (Wildman–Crippen MR) is 86.0 cm³/mol. The number of anilines is 1. The van der Waals surface area contributed by atoms with E-state index in [4.69, 9.17) is 22.7 Å². The zero-order chi connectivity index (χ0) is 14.4. The largest absolute Gasteiger partial charge is 0.389 e. The molecule has 0 aliphatic heterocycles. The van der Waals surface area contributed by atoms with Gasteiger partial charge in [-0.25, -0.2) is 0 Å². The summed E-state index contributed by atoms with van der Waals surface area (Å²) < 4.78 is 5.20. The molecule has 1 aromatic carbocycles. The number of thiocarbonyl (C=S) groups is 1. The molecule has 0 spiro atoms. The highest BCUT2D eigenvalue weighted by atomic mass is 32.1. The first-order valence-electron chi connectivity index (χ1n) is 6.60. The molecule has 0 unspecified atom stereocenters. The van der Waals surface area contributed by atoms with E-state index in [1.807, 2.05) is 12.1 Å². The Morgan fingerprint density at radius 3 is 2.63 bits per heavy atom. The Kier molecular flexibility index (Phi) is 6.25. The van der Waals surface area contributed by atoms with E-state index in [0.717, 1.165) is 24.3 Å². The number of nitrogens with two attached hydrogens (primary N) is 1. The summed E-state index contributed by atoms with van der Waals surface area (Å²) >= 11 is 5.16. The van der Waals surface area contributed by atoms with Crippen molar-refractivity contribution in [3.05, 3.63) is 29.3 Å². The molecular weight excluding hydrogens is 256 g/mol. The Balaban J connectivity index is 3.11. The lowest BCUT2D eigenvalue weighted by atomic mass is 10.1. The fraction of sp³-hybridized carbons (Fsp3) is 0.533. The molecule has 19 heavy (non-hydrogen) atoms. The smallest absolute Gasteiger partial charge is 0.106 e. The highest BCUT2D eigenvalue weighted by Gasteiger charge is 2.14. The van der Waals surface area contributed by atoms with Crippen molar-refractivity contribution >= 4 is 22.9 Å². The van der Waals surface area contributed by atoms with Crippen molar-refractivity contribution in [2.75, 3.05) is 31.7 Å². The van der Waals surface area contributed by atoms with Gasteiger partial charge in [0, 0.05) is 31.5 Å². The van der Waals surface area contributed by atoms with Crippen LogP contribution in [-0.4, -0.2) is 31.8 Å². The Hall–Kier alpha value is -1.13. The Labute approximate surface area is 121 Å². The van der Waals surface area contributed by atoms with Gasteiger partial charge in [0.1, 0.15) is 4.99 Å². The molecule has 0 fully saturated rings. The monoisotopic (exact) mass is 280 g/mol. The molecule has 1 rings (SSSR count). The lowest BCUT2D eigenvalue weighted by Crippen LogP contribution is -2.32. The number of ether oxygens (including phenoxy) is 1. The second-order valence-electron chi connectivity index (χ2n) is 5.22. The molecule has 2 N–H and O–H groups in total. The summed E-state index contributed by atoms with van der Waals surface area (Å²) in [7, 11) is 1.72. The van der Waals surface area contributed by atoms with Gasteiger partial charge in [0.15, 0.2) is 0 Å². The molecule has 0 aliphatic carbocycles. The molecule has 106 valence electrons. The highest BCUT2D eigenvalue weighted by Crippen LogP contribution is 2.23. The summed E-state index contributed by atoms with van der Waals surface area (Å²) in [5, 5.41) is 0. The number of rotatable bonds is 7. The Morgan fingerprint density at radius 2 is 2.11 bits per heavy atom. The van der Waals surface area contributed by atoms with Crippen LogP contribution in [0.5, 0.6) is 0 Å². The maximum atomic E-state index is 5.84. The van der Waals surface area contributed by atoms with E-state index in [9.17, 15) is 0 Å². The van der Waals surface area contributed by atoms with Crippen LogP contribution in [-0.2, 0) is 4.74 Å². The third-order valence-corrected chi connectivity index (χ3v) is 3.13. The van der Waals surface area contributed by atoms with Gasteiger partial charge in [-0.05, 0) is 30.5 Å². The number of methoxy groups -OCH3 is 1. The van der Waals surface area contributed by atoms with E-state index in [-0.39, 0.29) is 0 Å². The van der Waals surface area contributed by atoms with Gasteiger partial charge in [-0.3, -0.25) is 0 Å². The van der Waals surface area contributed by atoms with Crippen molar-refractivity contribution in [2.45, 2.75) is 20.8 Å². The zero-order valence-corrected chi connectivity index (χ0v) is 13.1. The van der Waals surface area contributed by atoms with Gasteiger partial charge in [0.05, 0.1) is 6.61 Å². The minimum Gasteiger partial charge on any atom is -0.389 e. The molecule has 0 saturated heterocycles. The van der Waals surface area contributed by atoms with Crippen LogP contribution in [0.25, 0.3) is 0 Å². The van der Waals surface area contributed by atoms with E-state index in [2.05, 4.69) is 31.7 Å². The SMILES string of the molecule is COCCN(CC(C)C)c1cc(C)ccc1C(N)=S. The molecule has 0 aromatic heterocycles. The van der Waals surface area contributed by atoms with E-state index in [1.54, 1.807) is 7.11 Å². The second-order valence-corrected chi connectivity index (χ2v) is 5.66. The first kappa shape index (κ1) is 15.9. The first-order valence-corrected chi connectivity index (χ1v) is 7.01. The number of benzene rings is 1. The van der Waals surface area contributed by atoms with Gasteiger partial charge in [-0.1, -0.05) is 32.1 Å². The molecule has 0 heterocycles. The zero-order valence-electron chi connectivity index (χ0n) is 12.3. The predicted octanol–water partition coefficient (Wildman–Crippen LogP) is 2.74. The van der Waals surface area contributed by atoms with Gasteiger partial charge in [0.2, 0.25) is 0 Å². The van der Waals surface area contributed by atoms with Crippen LogP contribution in [0, 0.1) is 12.8 Å². The topological polar surface area (TPSA) is 38.5 Å². The maximum absolute atomic E-state index is 5.84. The fourth-order valence-corrected chi connectivity index (χ4v) is 2.24. The number of aryl methyl sites for hydroxylation is 1. The van der Waals surface area contributed by atoms with Crippen LogP contribution in [0.2, 0.25) is 0 Å². The van der Waals surface area contributed by atoms with Crippen LogP contribution in [0.4, 0.5) is 5.69 Å². The molecule has 0 bridgehead atoms. The summed E-state index contributed by atoms with van der Waals surface area (Å²) in [4.78, 5) is 2.75. The summed E-state index contributed by atoms with van der Waals surface area (Å²) in [5.41, 5.74) is 9.10. The summed E-state index contributed by atoms with van der Waals surface area (Å²) in [5.74, 6) is 0.566. The van der Waals surface area contributed by atoms with Crippen LogP contribution < -0.4 is 10.6 Å². The standard InChI is InChI=1S/C15H24N2OS/c1-11(2)10-17(7-8-18-4)14-9-12(3)5-6-13(14)15(16)19/h5-6,9,11H,7-8,10H2,1-4H3,(H2,16,19). The van der Waals surface area contributed by atoms with Crippen molar-refractivity contribution in [3.63, 3.8) is 0 Å². The van der Waals surface area contributed by atoms with Crippen LogP contribution in [0.15, 0.2) is 18.2 Å². The molecular formula is C15H24N2OS. The number of hydrogen-bond donors (Lipinski definition) is 1. The molecule has 4 heteroatoms. The lowest BCUT2D eigenvalue weighted by molar-refractivity contribution is 0.204. The average molecular weight is 280 g/mol. The second kappa shape index (κ2) is 7.46. The van der Waals surface area contributed by atoms with E-state index in [1.165, 1.54) is 5.56 Å². The molecule has 0 atom stereocenters. The molecule has 3 nitrogen and oxygen atoms in total. The third kappa shape index (κ3) is 4.80. The fourth-order valence-electron chi connectivity index (χ4n) is 2.06. The quantitative estimate of drug-likeness (QED) is 0.780. The molecule has 0 radical (unpaired) electrons. The van der Waals surface area contributed by atoms with Gasteiger partial charge in [-0.2, -0.15) is 0 Å². The van der Waals surface area contributed by atoms with Gasteiger partial charge < -0.3 is 15.4 Å². The van der Waals surface area contributed by atoms with E-state index >= 15 is 0 Å². The normalized spacial score (nSPS) is 10.8. The Morgan fingerprint density at radius 1 is 1.42 bits per heavy atom. The number of nitrogens with zero attached hydrogens (tertiary/aromatic N) is 1. The number of hydrogen-bond acceptors (Lipinski definition) is 3. The first-order chi connectivity index (χ1) is 8.95. The summed E-state index contributed by atoms with van der Waals surface area (Å²) in [6, 6.07) is 6.20. The minimum atomic E-state index is 0.446. The average Bonchev–Trinajstić information content (AvgIpc) is 2.33. The summed E-state index contributed by atoms with van der Waals surface area (Å²) in [6.07, 6.45) is 0. The van der Waals surface area contributed by atoms with Crippen molar-refractivity contribution in [1.29, 1.82) is 0 Å². The van der Waals surface area contributed by atoms with Crippen molar-refractivity contribution < 1.29 is 4.74 Å². The minimum absolute atomic E-state index is 0.446. The van der Waals surface area contributed by atoms with Gasteiger partial charge in [0.25, 0.3) is 0 Å².